The summed E-state index contributed by atoms with van der Waals surface area (Å²) in [4.78, 5) is 0. The largest absolute Gasteiger partial charge is 0.379 e. The van der Waals surface area contributed by atoms with E-state index in [4.69, 9.17) is 18.9 Å². The average Bonchev–Trinajstić information content (AvgIpc) is 2.84. The Morgan fingerprint density at radius 1 is 0.469 bits per heavy atom. The van der Waals surface area contributed by atoms with Gasteiger partial charge in [0.25, 0.3) is 0 Å². The van der Waals surface area contributed by atoms with Gasteiger partial charge in [0.15, 0.2) is 0 Å². The van der Waals surface area contributed by atoms with Gasteiger partial charge in [0.1, 0.15) is 0 Å². The van der Waals surface area contributed by atoms with Crippen molar-refractivity contribution in [2.45, 2.75) is 51.9 Å². The molecule has 0 spiro atoms. The number of benzene rings is 2. The molecule has 0 aliphatic carbocycles. The highest BCUT2D eigenvalue weighted by Gasteiger charge is 1.98. The van der Waals surface area contributed by atoms with E-state index in [2.05, 4.69) is 55.5 Å². The molecule has 0 aliphatic rings. The summed E-state index contributed by atoms with van der Waals surface area (Å²) in [5.74, 6) is 0. The molecule has 4 nitrogen and oxygen atoms in total. The molecule has 4 heteroatoms. The molecule has 2 aromatic carbocycles. The zero-order chi connectivity index (χ0) is 22.5. The van der Waals surface area contributed by atoms with Crippen LogP contribution in [0.4, 0.5) is 0 Å². The van der Waals surface area contributed by atoms with Crippen molar-refractivity contribution in [2.75, 3.05) is 52.9 Å². The minimum atomic E-state index is 0.599. The van der Waals surface area contributed by atoms with Crippen molar-refractivity contribution < 1.29 is 18.9 Å². The lowest BCUT2D eigenvalue weighted by Crippen LogP contribution is -2.12. The highest BCUT2D eigenvalue weighted by molar-refractivity contribution is 5.63. The molecule has 178 valence electrons. The van der Waals surface area contributed by atoms with Gasteiger partial charge in [-0.05, 0) is 29.5 Å². The molecule has 0 unspecified atom stereocenters. The lowest BCUT2D eigenvalue weighted by Gasteiger charge is -2.08. The van der Waals surface area contributed by atoms with Crippen LogP contribution >= 0.6 is 0 Å². The third-order valence-corrected chi connectivity index (χ3v) is 5.35. The molecular weight excluding hydrogens is 400 g/mol. The van der Waals surface area contributed by atoms with Crippen molar-refractivity contribution in [3.63, 3.8) is 0 Å². The summed E-state index contributed by atoms with van der Waals surface area (Å²) < 4.78 is 22.4. The molecule has 0 saturated carbocycles. The first-order valence-corrected chi connectivity index (χ1v) is 12.4. The van der Waals surface area contributed by atoms with Gasteiger partial charge < -0.3 is 18.9 Å². The first-order chi connectivity index (χ1) is 15.9. The molecule has 0 aromatic heterocycles. The minimum absolute atomic E-state index is 0.599. The van der Waals surface area contributed by atoms with Crippen LogP contribution < -0.4 is 0 Å². The Hall–Kier alpha value is -1.72. The van der Waals surface area contributed by atoms with Crippen molar-refractivity contribution in [1.29, 1.82) is 0 Å². The quantitative estimate of drug-likeness (QED) is 0.225. The molecule has 0 N–H and O–H groups in total. The Balaban J connectivity index is 1.33. The monoisotopic (exact) mass is 442 g/mol. The molecule has 2 aromatic rings. The summed E-state index contributed by atoms with van der Waals surface area (Å²) in [6.45, 7) is 7.53. The highest BCUT2D eigenvalue weighted by Crippen LogP contribution is 2.19. The Labute approximate surface area is 195 Å². The molecule has 0 fully saturated rings. The van der Waals surface area contributed by atoms with Crippen molar-refractivity contribution in [2.24, 2.45) is 0 Å². The van der Waals surface area contributed by atoms with E-state index in [1.54, 1.807) is 0 Å². The molecule has 0 heterocycles. The van der Waals surface area contributed by atoms with Crippen LogP contribution in [0.2, 0.25) is 0 Å². The third kappa shape index (κ3) is 13.0. The van der Waals surface area contributed by atoms with Gasteiger partial charge in [0, 0.05) is 6.61 Å². The van der Waals surface area contributed by atoms with Gasteiger partial charge in [-0.3, -0.25) is 0 Å². The van der Waals surface area contributed by atoms with Crippen LogP contribution in [0.25, 0.3) is 11.1 Å². The Morgan fingerprint density at radius 3 is 1.59 bits per heavy atom. The van der Waals surface area contributed by atoms with E-state index in [1.807, 2.05) is 6.07 Å². The summed E-state index contributed by atoms with van der Waals surface area (Å²) >= 11 is 0. The lowest BCUT2D eigenvalue weighted by atomic mass is 10.0. The average molecular weight is 443 g/mol. The predicted molar refractivity (Wildman–Crippen MR) is 132 cm³/mol. The maximum Gasteiger partial charge on any atom is 0.0701 e. The standard InChI is InChI=1S/C28H42O4/c1-2-3-4-5-6-10-18-29-20-22-31-24-25-32-23-21-30-19-17-26-13-15-28(16-14-26)27-11-8-7-9-12-27/h7-9,11-16H,2-6,10,17-25H2,1H3. The topological polar surface area (TPSA) is 36.9 Å². The zero-order valence-corrected chi connectivity index (χ0v) is 19.9. The molecular formula is C28H42O4. The van der Waals surface area contributed by atoms with Crippen LogP contribution in [0.1, 0.15) is 51.0 Å². The van der Waals surface area contributed by atoms with E-state index in [1.165, 1.54) is 48.8 Å². The third-order valence-electron chi connectivity index (χ3n) is 5.35. The van der Waals surface area contributed by atoms with Gasteiger partial charge >= 0.3 is 0 Å². The molecule has 0 saturated heterocycles. The first-order valence-electron chi connectivity index (χ1n) is 12.4. The number of ether oxygens (including phenoxy) is 4. The van der Waals surface area contributed by atoms with Crippen LogP contribution in [0.3, 0.4) is 0 Å². The Kier molecular flexibility index (Phi) is 15.6. The second-order valence-electron chi connectivity index (χ2n) is 8.03. The fourth-order valence-corrected chi connectivity index (χ4v) is 3.43. The molecule has 0 aliphatic heterocycles. The van der Waals surface area contributed by atoms with Crippen LogP contribution in [0.5, 0.6) is 0 Å². The summed E-state index contributed by atoms with van der Waals surface area (Å²) in [6, 6.07) is 19.1. The van der Waals surface area contributed by atoms with Crippen LogP contribution in [-0.4, -0.2) is 52.9 Å². The Bertz CT molecular complexity index is 657. The molecule has 2 rings (SSSR count). The highest BCUT2D eigenvalue weighted by atomic mass is 16.6. The zero-order valence-electron chi connectivity index (χ0n) is 19.9. The summed E-state index contributed by atoms with van der Waals surface area (Å²) in [5.41, 5.74) is 3.78. The van der Waals surface area contributed by atoms with E-state index < -0.39 is 0 Å². The van der Waals surface area contributed by atoms with Crippen molar-refractivity contribution >= 4 is 0 Å². The summed E-state index contributed by atoms with van der Waals surface area (Å²) in [6.07, 6.45) is 8.69. The maximum absolute atomic E-state index is 5.68. The molecule has 0 atom stereocenters. The normalized spacial score (nSPS) is 11.2. The molecule has 0 amide bonds. The summed E-state index contributed by atoms with van der Waals surface area (Å²) in [7, 11) is 0. The van der Waals surface area contributed by atoms with E-state index in [0.717, 1.165) is 19.4 Å². The predicted octanol–water partition coefficient (Wildman–Crippen LogP) is 6.32. The second kappa shape index (κ2) is 18.8. The van der Waals surface area contributed by atoms with Gasteiger partial charge in [-0.1, -0.05) is 93.6 Å². The van der Waals surface area contributed by atoms with Crippen molar-refractivity contribution in [3.8, 4) is 11.1 Å². The maximum atomic E-state index is 5.68. The number of rotatable bonds is 20. The van der Waals surface area contributed by atoms with Gasteiger partial charge in [-0.25, -0.2) is 0 Å². The number of hydrogen-bond donors (Lipinski definition) is 0. The smallest absolute Gasteiger partial charge is 0.0701 e. The van der Waals surface area contributed by atoms with Crippen LogP contribution in [0.15, 0.2) is 54.6 Å². The van der Waals surface area contributed by atoms with Crippen LogP contribution in [-0.2, 0) is 25.4 Å². The van der Waals surface area contributed by atoms with E-state index in [0.29, 0.717) is 46.2 Å². The van der Waals surface area contributed by atoms with Gasteiger partial charge in [0.05, 0.1) is 46.2 Å². The molecule has 0 bridgehead atoms. The lowest BCUT2D eigenvalue weighted by molar-refractivity contribution is -0.00183. The van der Waals surface area contributed by atoms with Gasteiger partial charge in [-0.2, -0.15) is 0 Å². The minimum Gasteiger partial charge on any atom is -0.379 e. The van der Waals surface area contributed by atoms with E-state index in [9.17, 15) is 0 Å². The van der Waals surface area contributed by atoms with E-state index in [-0.39, 0.29) is 0 Å². The van der Waals surface area contributed by atoms with Gasteiger partial charge in [0.2, 0.25) is 0 Å². The van der Waals surface area contributed by atoms with Gasteiger partial charge in [-0.15, -0.1) is 0 Å². The first kappa shape index (κ1) is 26.5. The fraction of sp³-hybridized carbons (Fsp3) is 0.571. The van der Waals surface area contributed by atoms with E-state index >= 15 is 0 Å². The molecule has 32 heavy (non-hydrogen) atoms. The second-order valence-corrected chi connectivity index (χ2v) is 8.03. The van der Waals surface area contributed by atoms with Crippen molar-refractivity contribution in [1.82, 2.24) is 0 Å². The SMILES string of the molecule is CCCCCCCCOCCOCCOCCOCCc1ccc(-c2ccccc2)cc1. The van der Waals surface area contributed by atoms with Crippen LogP contribution in [0, 0.1) is 0 Å². The summed E-state index contributed by atoms with van der Waals surface area (Å²) in [5, 5.41) is 0. The molecule has 0 radical (unpaired) electrons. The Morgan fingerprint density at radius 2 is 0.969 bits per heavy atom. The number of hydrogen-bond acceptors (Lipinski definition) is 4. The number of unbranched alkanes of at least 4 members (excludes halogenated alkanes) is 5. The fourth-order valence-electron chi connectivity index (χ4n) is 3.43. The van der Waals surface area contributed by atoms with Crippen molar-refractivity contribution in [3.05, 3.63) is 60.2 Å².